The van der Waals surface area contributed by atoms with Gasteiger partial charge in [-0.2, -0.15) is 0 Å². The number of aryl methyl sites for hydroxylation is 2. The van der Waals surface area contributed by atoms with Gasteiger partial charge in [-0.25, -0.2) is 0 Å². The van der Waals surface area contributed by atoms with Gasteiger partial charge >= 0.3 is 0 Å². The fourth-order valence-electron chi connectivity index (χ4n) is 2.29. The minimum atomic E-state index is 0.668. The van der Waals surface area contributed by atoms with Crippen molar-refractivity contribution in [3.05, 3.63) is 29.3 Å². The summed E-state index contributed by atoms with van der Waals surface area (Å²) in [7, 11) is 0. The monoisotopic (exact) mass is 351 g/mol. The first kappa shape index (κ1) is 16.5. The van der Waals surface area contributed by atoms with Gasteiger partial charge in [0, 0.05) is 18.8 Å². The molecule has 2 heterocycles. The second-order valence-electron chi connectivity index (χ2n) is 5.42. The van der Waals surface area contributed by atoms with Crippen molar-refractivity contribution in [2.45, 2.75) is 18.2 Å². The van der Waals surface area contributed by atoms with E-state index in [0.29, 0.717) is 6.61 Å². The summed E-state index contributed by atoms with van der Waals surface area (Å²) in [4.78, 5) is 2.23. The van der Waals surface area contributed by atoms with Gasteiger partial charge in [-0.15, -0.1) is 10.2 Å². The summed E-state index contributed by atoms with van der Waals surface area (Å²) in [6, 6.07) is 6.28. The fourth-order valence-corrected chi connectivity index (χ4v) is 4.07. The second-order valence-corrected chi connectivity index (χ2v) is 7.71. The van der Waals surface area contributed by atoms with Crippen LogP contribution in [0.1, 0.15) is 11.1 Å². The molecule has 124 valence electrons. The Morgan fingerprint density at radius 1 is 1.26 bits per heavy atom. The summed E-state index contributed by atoms with van der Waals surface area (Å²) in [5.41, 5.74) is 2.39. The first-order valence-electron chi connectivity index (χ1n) is 7.71. The van der Waals surface area contributed by atoms with Crippen molar-refractivity contribution in [1.29, 1.82) is 0 Å². The maximum absolute atomic E-state index is 5.87. The number of ether oxygens (including phenoxy) is 2. The molecular formula is C16H21N3O2S2. The summed E-state index contributed by atoms with van der Waals surface area (Å²) in [5, 5.41) is 9.53. The molecule has 1 saturated heterocycles. The zero-order chi connectivity index (χ0) is 16.1. The first-order chi connectivity index (χ1) is 11.2. The van der Waals surface area contributed by atoms with Crippen LogP contribution in [0.15, 0.2) is 22.5 Å². The molecule has 0 aliphatic carbocycles. The van der Waals surface area contributed by atoms with E-state index in [1.165, 1.54) is 11.1 Å². The van der Waals surface area contributed by atoms with Crippen LogP contribution in [0, 0.1) is 13.8 Å². The van der Waals surface area contributed by atoms with Gasteiger partial charge in [-0.05, 0) is 31.0 Å². The molecule has 7 heteroatoms. The van der Waals surface area contributed by atoms with Gasteiger partial charge in [-0.3, -0.25) is 0 Å². The van der Waals surface area contributed by atoms with Gasteiger partial charge < -0.3 is 14.4 Å². The number of rotatable bonds is 6. The number of aromatic nitrogens is 2. The van der Waals surface area contributed by atoms with E-state index in [2.05, 4.69) is 47.1 Å². The van der Waals surface area contributed by atoms with E-state index >= 15 is 0 Å². The van der Waals surface area contributed by atoms with Crippen molar-refractivity contribution < 1.29 is 9.47 Å². The van der Waals surface area contributed by atoms with Crippen LogP contribution < -0.4 is 9.64 Å². The van der Waals surface area contributed by atoms with Crippen LogP contribution in [0.25, 0.3) is 0 Å². The standard InChI is InChI=1S/C16H21N3O2S2/c1-12-3-4-13(2)14(11-12)21-9-10-22-16-18-17-15(23-16)19-5-7-20-8-6-19/h3-4,11H,5-10H2,1-2H3. The van der Waals surface area contributed by atoms with E-state index in [1.54, 1.807) is 23.1 Å². The molecule has 0 bridgehead atoms. The summed E-state index contributed by atoms with van der Waals surface area (Å²) in [6.45, 7) is 8.15. The highest BCUT2D eigenvalue weighted by Gasteiger charge is 2.15. The van der Waals surface area contributed by atoms with E-state index in [0.717, 1.165) is 47.3 Å². The lowest BCUT2D eigenvalue weighted by Crippen LogP contribution is -2.36. The predicted molar refractivity (Wildman–Crippen MR) is 95.1 cm³/mol. The Balaban J connectivity index is 1.45. The molecule has 1 aliphatic heterocycles. The SMILES string of the molecule is Cc1ccc(C)c(OCCSc2nnc(N3CCOCC3)s2)c1. The quantitative estimate of drug-likeness (QED) is 0.588. The molecule has 0 atom stereocenters. The Hall–Kier alpha value is -1.31. The Morgan fingerprint density at radius 2 is 2.09 bits per heavy atom. The van der Waals surface area contributed by atoms with Crippen LogP contribution in [0.4, 0.5) is 5.13 Å². The topological polar surface area (TPSA) is 47.5 Å². The molecule has 0 unspecified atom stereocenters. The van der Waals surface area contributed by atoms with Crippen LogP contribution in [0.2, 0.25) is 0 Å². The molecule has 0 radical (unpaired) electrons. The summed E-state index contributed by atoms with van der Waals surface area (Å²) < 4.78 is 12.2. The number of thioether (sulfide) groups is 1. The largest absolute Gasteiger partial charge is 0.492 e. The molecule has 5 nitrogen and oxygen atoms in total. The van der Waals surface area contributed by atoms with Crippen LogP contribution in [0.3, 0.4) is 0 Å². The van der Waals surface area contributed by atoms with Gasteiger partial charge in [0.2, 0.25) is 5.13 Å². The van der Waals surface area contributed by atoms with Crippen LogP contribution >= 0.6 is 23.1 Å². The lowest BCUT2D eigenvalue weighted by atomic mass is 10.1. The third kappa shape index (κ3) is 4.59. The summed E-state index contributed by atoms with van der Waals surface area (Å²) >= 11 is 3.34. The van der Waals surface area contributed by atoms with Crippen molar-refractivity contribution in [3.63, 3.8) is 0 Å². The number of hydrogen-bond acceptors (Lipinski definition) is 7. The predicted octanol–water partition coefficient (Wildman–Crippen LogP) is 3.16. The highest BCUT2D eigenvalue weighted by Crippen LogP contribution is 2.28. The maximum atomic E-state index is 5.87. The molecule has 0 amide bonds. The van der Waals surface area contributed by atoms with Gasteiger partial charge in [0.15, 0.2) is 4.34 Å². The van der Waals surface area contributed by atoms with Crippen molar-refractivity contribution in [3.8, 4) is 5.75 Å². The van der Waals surface area contributed by atoms with Crippen molar-refractivity contribution >= 4 is 28.2 Å². The molecule has 0 spiro atoms. The molecule has 1 aromatic carbocycles. The summed E-state index contributed by atoms with van der Waals surface area (Å²) in [5.74, 6) is 1.84. The summed E-state index contributed by atoms with van der Waals surface area (Å²) in [6.07, 6.45) is 0. The normalized spacial score (nSPS) is 15.0. The number of hydrogen-bond donors (Lipinski definition) is 0. The molecule has 0 saturated carbocycles. The first-order valence-corrected chi connectivity index (χ1v) is 9.51. The number of benzene rings is 1. The Morgan fingerprint density at radius 3 is 2.91 bits per heavy atom. The number of nitrogens with zero attached hydrogens (tertiary/aromatic N) is 3. The zero-order valence-corrected chi connectivity index (χ0v) is 15.1. The lowest BCUT2D eigenvalue weighted by Gasteiger charge is -2.25. The minimum Gasteiger partial charge on any atom is -0.492 e. The van der Waals surface area contributed by atoms with Crippen LogP contribution in [0.5, 0.6) is 5.75 Å². The van der Waals surface area contributed by atoms with Gasteiger partial charge in [0.1, 0.15) is 5.75 Å². The van der Waals surface area contributed by atoms with Gasteiger partial charge in [-0.1, -0.05) is 35.2 Å². The van der Waals surface area contributed by atoms with Gasteiger partial charge in [0.25, 0.3) is 0 Å². The van der Waals surface area contributed by atoms with E-state index in [9.17, 15) is 0 Å². The zero-order valence-electron chi connectivity index (χ0n) is 13.4. The molecule has 1 aliphatic rings. The molecule has 0 N–H and O–H groups in total. The van der Waals surface area contributed by atoms with E-state index < -0.39 is 0 Å². The maximum Gasteiger partial charge on any atom is 0.209 e. The average Bonchev–Trinajstić information content (AvgIpc) is 3.04. The molecule has 1 fully saturated rings. The highest BCUT2D eigenvalue weighted by atomic mass is 32.2. The Bertz CT molecular complexity index is 642. The fraction of sp³-hybridized carbons (Fsp3) is 0.500. The van der Waals surface area contributed by atoms with Crippen molar-refractivity contribution in [2.75, 3.05) is 43.6 Å². The Kier molecular flexibility index (Phi) is 5.75. The second kappa shape index (κ2) is 7.99. The molecule has 1 aromatic heterocycles. The van der Waals surface area contributed by atoms with Crippen molar-refractivity contribution in [1.82, 2.24) is 10.2 Å². The van der Waals surface area contributed by atoms with Crippen LogP contribution in [-0.4, -0.2) is 48.9 Å². The number of morpholine rings is 1. The highest BCUT2D eigenvalue weighted by molar-refractivity contribution is 8.01. The number of anilines is 1. The van der Waals surface area contributed by atoms with Gasteiger partial charge in [0.05, 0.1) is 19.8 Å². The van der Waals surface area contributed by atoms with E-state index in [4.69, 9.17) is 9.47 Å². The van der Waals surface area contributed by atoms with Crippen molar-refractivity contribution in [2.24, 2.45) is 0 Å². The minimum absolute atomic E-state index is 0.668. The third-order valence-corrected chi connectivity index (χ3v) is 5.67. The molecular weight excluding hydrogens is 330 g/mol. The lowest BCUT2D eigenvalue weighted by molar-refractivity contribution is 0.122. The average molecular weight is 351 g/mol. The van der Waals surface area contributed by atoms with E-state index in [-0.39, 0.29) is 0 Å². The van der Waals surface area contributed by atoms with Crippen LogP contribution in [-0.2, 0) is 4.74 Å². The third-order valence-electron chi connectivity index (χ3n) is 3.59. The Labute approximate surface area is 145 Å². The molecule has 23 heavy (non-hydrogen) atoms. The molecule has 2 aromatic rings. The molecule has 3 rings (SSSR count). The smallest absolute Gasteiger partial charge is 0.209 e. The van der Waals surface area contributed by atoms with E-state index in [1.807, 2.05) is 0 Å².